The maximum absolute atomic E-state index is 14.5. The van der Waals surface area contributed by atoms with Gasteiger partial charge >= 0.3 is 17.6 Å². The number of aliphatic carboxylic acids is 1. The first-order valence-corrected chi connectivity index (χ1v) is 35.9. The van der Waals surface area contributed by atoms with Gasteiger partial charge in [0.25, 0.3) is 41.8 Å². The van der Waals surface area contributed by atoms with Crippen LogP contribution < -0.4 is 21.9 Å². The van der Waals surface area contributed by atoms with Gasteiger partial charge in [-0.2, -0.15) is 25.3 Å². The molecule has 10 unspecified atom stereocenters. The fourth-order valence-corrected chi connectivity index (χ4v) is 14.6. The van der Waals surface area contributed by atoms with E-state index in [-0.39, 0.29) is 69.6 Å². The number of amides is 2. The SMILES string of the molecule is O=C(CCCCC(=O)C1CC(NC(=O)c2cc(=O)[nH]c(=O)[nH]2)C2OCC3OC(OCC4OC(COC2C1)C(OC(=O)c1ccccc1)C(O[C@@H](CC1CCCCC1)C(=O)O)[C@H]4O)[C@@H](O)[C@@H](O)[C@@H]3O)COCCOCC(=O)Nc1cc(S(=O)(=O)O)cc2cc(S(=O)(=O)O)cc(S(=O)(=O)O)c12. The summed E-state index contributed by atoms with van der Waals surface area (Å²) in [6.07, 6.45) is -17.7. The summed E-state index contributed by atoms with van der Waals surface area (Å²) >= 11 is 0. The molecule has 99 heavy (non-hydrogen) atoms. The van der Waals surface area contributed by atoms with Crippen molar-refractivity contribution in [3.8, 4) is 0 Å². The van der Waals surface area contributed by atoms with Gasteiger partial charge in [-0.15, -0.1) is 0 Å². The van der Waals surface area contributed by atoms with E-state index in [1.165, 1.54) is 12.1 Å². The summed E-state index contributed by atoms with van der Waals surface area (Å²) in [6.45, 7) is -3.77. The van der Waals surface area contributed by atoms with Crippen LogP contribution in [0.1, 0.15) is 97.9 Å². The number of carbonyl (C=O) groups is 6. The molecular weight excluding hydrogens is 1380 g/mol. The molecule has 0 spiro atoms. The molecule has 3 aliphatic heterocycles. The molecule has 3 aromatic carbocycles. The van der Waals surface area contributed by atoms with E-state index in [0.717, 1.165) is 25.3 Å². The number of carbonyl (C=O) groups excluding carboxylic acids is 5. The molecule has 544 valence electrons. The van der Waals surface area contributed by atoms with Gasteiger partial charge in [0.2, 0.25) is 5.91 Å². The number of aliphatic hydroxyl groups is 4. The molecule has 35 nitrogen and oxygen atoms in total. The van der Waals surface area contributed by atoms with Gasteiger partial charge in [0.1, 0.15) is 84.5 Å². The number of hydrogen-bond acceptors (Lipinski definition) is 27. The second-order valence-electron chi connectivity index (χ2n) is 24.7. The first-order valence-electron chi connectivity index (χ1n) is 31.5. The number of anilines is 1. The minimum atomic E-state index is -5.34. The van der Waals surface area contributed by atoms with Crippen LogP contribution in [0.15, 0.2) is 84.9 Å². The Morgan fingerprint density at radius 2 is 1.30 bits per heavy atom. The topological polar surface area (TPSA) is 540 Å². The van der Waals surface area contributed by atoms with Gasteiger partial charge in [-0.05, 0) is 79.8 Å². The Kier molecular flexibility index (Phi) is 25.6. The van der Waals surface area contributed by atoms with E-state index < -0.39 is 238 Å². The third kappa shape index (κ3) is 20.0. The van der Waals surface area contributed by atoms with Gasteiger partial charge < -0.3 is 83.8 Å². The molecule has 5 fully saturated rings. The van der Waals surface area contributed by atoms with Crippen molar-refractivity contribution in [2.24, 2.45) is 11.8 Å². The fraction of sp³-hybridized carbons (Fsp3) is 0.574. The molecule has 9 rings (SSSR count). The lowest BCUT2D eigenvalue weighted by atomic mass is 9.78. The number of carboxylic acid groups (broad SMARTS) is 1. The number of nitrogens with one attached hydrogen (secondary N) is 4. The van der Waals surface area contributed by atoms with Crippen molar-refractivity contribution in [1.82, 2.24) is 15.3 Å². The molecule has 3 saturated heterocycles. The van der Waals surface area contributed by atoms with Gasteiger partial charge in [0.05, 0.1) is 66.2 Å². The highest BCUT2D eigenvalue weighted by atomic mass is 32.2. The Morgan fingerprint density at radius 1 is 0.657 bits per heavy atom. The van der Waals surface area contributed by atoms with E-state index in [1.54, 1.807) is 18.2 Å². The molecule has 38 heteroatoms. The number of unbranched alkanes of at least 4 members (excludes halogenated alkanes) is 1. The maximum Gasteiger partial charge on any atom is 0.338 e. The van der Waals surface area contributed by atoms with Crippen LogP contribution in [0.4, 0.5) is 5.69 Å². The second kappa shape index (κ2) is 33.2. The van der Waals surface area contributed by atoms with Gasteiger partial charge in [0.15, 0.2) is 24.3 Å². The molecule has 4 aromatic rings. The summed E-state index contributed by atoms with van der Waals surface area (Å²) < 4.78 is 156. The van der Waals surface area contributed by atoms with Crippen LogP contribution in [-0.2, 0) is 92.2 Å². The molecule has 2 amide bonds. The Balaban J connectivity index is 0.887. The molecule has 12 N–H and O–H groups in total. The standard InChI is InChI=1S/C61H76N4O31S3/c66-34(25-88-15-16-89-29-48(69)62-37-22-35(97(79,80)81)18-33-19-36(98(82,83)84)23-46(49(33)37)99(85,86)87)13-7-8-14-40(67)32-20-38(63-57(74)39-24-47(68)65-61(78)64-39)54-41(21-32)90-28-45-55(96-59(77)31-11-5-2-6-12-31)56(94-42(58(75)76)17-30-9-3-1-4-10-30)51(71)44(93-45)27-92-60-53(73)52(72)50(70)43(95-60)26-91-54/h2,5-6,11-12,18-19,22-24,30,32,38,41-45,50-56,60,70-73H,1,3-4,7-10,13-17,20-21,25-29H2,(H,62,69)(H,63,74)(H,75,76)(H,79,80,81)(H,82,83,84)(H,85,86,87)(H2,64,65,68,78)/t32?,38?,41?,42-,43?,44?,45?,50+,51-,52-,53-,54?,55?,56?,60?/m0/s1. The molecule has 1 aromatic heterocycles. The highest BCUT2D eigenvalue weighted by Crippen LogP contribution is 2.39. The fourth-order valence-electron chi connectivity index (χ4n) is 12.7. The minimum Gasteiger partial charge on any atom is -0.479 e. The minimum absolute atomic E-state index is 0.0215. The van der Waals surface area contributed by atoms with Crippen LogP contribution >= 0.6 is 0 Å². The second-order valence-corrected chi connectivity index (χ2v) is 28.9. The number of aliphatic hydroxyl groups excluding tert-OH is 4. The number of benzene rings is 3. The number of fused-ring (bicyclic) bond motifs is 6. The number of ketones is 2. The summed E-state index contributed by atoms with van der Waals surface area (Å²) in [5, 5.41) is 60.1. The number of H-pyrrole nitrogens is 2. The average Bonchev–Trinajstić information content (AvgIpc) is 0.753. The monoisotopic (exact) mass is 1460 g/mol. The smallest absolute Gasteiger partial charge is 0.338 e. The van der Waals surface area contributed by atoms with Crippen LogP contribution in [0, 0.1) is 11.8 Å². The molecule has 2 aliphatic carbocycles. The number of rotatable bonds is 26. The van der Waals surface area contributed by atoms with E-state index in [0.29, 0.717) is 37.1 Å². The molecule has 4 heterocycles. The number of aromatic nitrogens is 2. The van der Waals surface area contributed by atoms with Crippen LogP contribution in [0.3, 0.4) is 0 Å². The van der Waals surface area contributed by atoms with Crippen LogP contribution in [-0.4, -0.2) is 242 Å². The maximum atomic E-state index is 14.5. The van der Waals surface area contributed by atoms with Crippen LogP contribution in [0.2, 0.25) is 0 Å². The lowest BCUT2D eigenvalue weighted by Gasteiger charge is -2.47. The quantitative estimate of drug-likeness (QED) is 0.0216. The number of ether oxygens (including phenoxy) is 9. The third-order valence-corrected chi connectivity index (χ3v) is 20.1. The van der Waals surface area contributed by atoms with Gasteiger partial charge in [-0.25, -0.2) is 14.4 Å². The largest absolute Gasteiger partial charge is 0.479 e. The van der Waals surface area contributed by atoms with Crippen molar-refractivity contribution in [1.29, 1.82) is 0 Å². The lowest BCUT2D eigenvalue weighted by molar-refractivity contribution is -0.324. The number of esters is 1. The van der Waals surface area contributed by atoms with Crippen molar-refractivity contribution < 1.29 is 136 Å². The zero-order chi connectivity index (χ0) is 71.7. The van der Waals surface area contributed by atoms with Crippen molar-refractivity contribution in [3.63, 3.8) is 0 Å². The van der Waals surface area contributed by atoms with Crippen molar-refractivity contribution in [2.45, 2.75) is 177 Å². The summed E-state index contributed by atoms with van der Waals surface area (Å²) in [6, 6.07) is 9.36. The van der Waals surface area contributed by atoms with E-state index in [4.69, 9.17) is 42.6 Å². The van der Waals surface area contributed by atoms with Crippen molar-refractivity contribution in [2.75, 3.05) is 51.6 Å². The number of aromatic amines is 2. The van der Waals surface area contributed by atoms with E-state index >= 15 is 0 Å². The summed E-state index contributed by atoms with van der Waals surface area (Å²) in [7, 11) is -15.6. The Labute approximate surface area is 564 Å². The molecular formula is C61H76N4O31S3. The van der Waals surface area contributed by atoms with Gasteiger partial charge in [0, 0.05) is 30.2 Å². The molecule has 2 saturated carbocycles. The molecule has 15 atom stereocenters. The Bertz CT molecular complexity index is 4020. The van der Waals surface area contributed by atoms with E-state index in [1.807, 2.05) is 4.98 Å². The lowest BCUT2D eigenvalue weighted by Crippen LogP contribution is -2.65. The van der Waals surface area contributed by atoms with Gasteiger partial charge in [-0.1, -0.05) is 50.3 Å². The van der Waals surface area contributed by atoms with Crippen molar-refractivity contribution in [3.05, 3.63) is 92.8 Å². The summed E-state index contributed by atoms with van der Waals surface area (Å²) in [5.41, 5.74) is -3.11. The number of Topliss-reactive ketones (excluding diaryl/α,β-unsaturated/α-hetero) is 2. The zero-order valence-electron chi connectivity index (χ0n) is 52.6. The van der Waals surface area contributed by atoms with E-state index in [9.17, 15) is 103 Å². The zero-order valence-corrected chi connectivity index (χ0v) is 55.1. The first-order chi connectivity index (χ1) is 46.8. The average molecular weight is 1460 g/mol. The molecule has 4 bridgehead atoms. The number of hydrogen-bond donors (Lipinski definition) is 12. The normalized spacial score (nSPS) is 27.5. The highest BCUT2D eigenvalue weighted by Gasteiger charge is 2.53. The van der Waals surface area contributed by atoms with Crippen LogP contribution in [0.25, 0.3) is 10.8 Å². The van der Waals surface area contributed by atoms with Crippen molar-refractivity contribution >= 4 is 82.1 Å². The summed E-state index contributed by atoms with van der Waals surface area (Å²) in [4.78, 5) is 107. The summed E-state index contributed by atoms with van der Waals surface area (Å²) in [5.74, 6) is -6.35. The van der Waals surface area contributed by atoms with Crippen LogP contribution in [0.5, 0.6) is 0 Å². The predicted octanol–water partition coefficient (Wildman–Crippen LogP) is -0.394. The van der Waals surface area contributed by atoms with Gasteiger partial charge in [-0.3, -0.25) is 42.6 Å². The Morgan fingerprint density at radius 3 is 1.97 bits per heavy atom. The molecule has 5 aliphatic rings. The number of carboxylic acids is 1. The highest BCUT2D eigenvalue weighted by molar-refractivity contribution is 7.87. The van der Waals surface area contributed by atoms with E-state index in [2.05, 4.69) is 15.6 Å². The predicted molar refractivity (Wildman–Crippen MR) is 334 cm³/mol. The third-order valence-electron chi connectivity index (χ3n) is 17.6. The molecule has 0 radical (unpaired) electrons. The Hall–Kier alpha value is -6.93. The first kappa shape index (κ1) is 76.3.